The van der Waals surface area contributed by atoms with Gasteiger partial charge in [0, 0.05) is 6.54 Å². The molecule has 0 aromatic heterocycles. The number of benzene rings is 1. The van der Waals surface area contributed by atoms with Gasteiger partial charge in [0.2, 0.25) is 5.91 Å². The van der Waals surface area contributed by atoms with Crippen LogP contribution in [0.1, 0.15) is 5.56 Å². The van der Waals surface area contributed by atoms with Crippen LogP contribution in [0.3, 0.4) is 0 Å². The molecule has 134 valence electrons. The smallest absolute Gasteiger partial charge is 0.234 e. The number of rotatable bonds is 7. The van der Waals surface area contributed by atoms with Crippen molar-refractivity contribution in [2.75, 3.05) is 38.8 Å². The van der Waals surface area contributed by atoms with Crippen molar-refractivity contribution in [1.82, 2.24) is 10.2 Å². The van der Waals surface area contributed by atoms with Gasteiger partial charge >= 0.3 is 0 Å². The molecule has 1 heterocycles. The number of methoxy groups -OCH3 is 1. The lowest BCUT2D eigenvalue weighted by Gasteiger charge is -2.25. The van der Waals surface area contributed by atoms with Crippen molar-refractivity contribution < 1.29 is 23.1 Å². The van der Waals surface area contributed by atoms with Gasteiger partial charge in [0.05, 0.1) is 37.3 Å². The largest absolute Gasteiger partial charge is 0.497 e. The Kier molecular flexibility index (Phi) is 6.20. The Hall–Kier alpha value is -1.64. The monoisotopic (exact) mass is 356 g/mol. The zero-order valence-corrected chi connectivity index (χ0v) is 14.8. The van der Waals surface area contributed by atoms with E-state index in [1.54, 1.807) is 19.1 Å². The highest BCUT2D eigenvalue weighted by molar-refractivity contribution is 7.91. The van der Waals surface area contributed by atoms with E-state index in [9.17, 15) is 18.3 Å². The van der Waals surface area contributed by atoms with E-state index in [4.69, 9.17) is 4.74 Å². The minimum Gasteiger partial charge on any atom is -0.497 e. The molecule has 1 fully saturated rings. The SMILES string of the molecule is COc1ccc(CCNC(=O)CN(C)[C@@H]2CS(=O)(=O)C[C@H]2O)cc1. The van der Waals surface area contributed by atoms with Crippen LogP contribution in [0.15, 0.2) is 24.3 Å². The third-order valence-electron chi connectivity index (χ3n) is 4.15. The summed E-state index contributed by atoms with van der Waals surface area (Å²) in [6.07, 6.45) is -0.244. The Morgan fingerprint density at radius 1 is 1.33 bits per heavy atom. The van der Waals surface area contributed by atoms with Crippen LogP contribution >= 0.6 is 0 Å². The van der Waals surface area contributed by atoms with E-state index in [1.165, 1.54) is 0 Å². The van der Waals surface area contributed by atoms with Gasteiger partial charge in [0.1, 0.15) is 5.75 Å². The van der Waals surface area contributed by atoms with Crippen LogP contribution in [-0.2, 0) is 21.1 Å². The maximum Gasteiger partial charge on any atom is 0.234 e. The summed E-state index contributed by atoms with van der Waals surface area (Å²) in [6.45, 7) is 0.546. The number of sulfone groups is 1. The van der Waals surface area contributed by atoms with Crippen LogP contribution in [0.2, 0.25) is 0 Å². The summed E-state index contributed by atoms with van der Waals surface area (Å²) in [6, 6.07) is 7.09. The molecule has 7 nitrogen and oxygen atoms in total. The van der Waals surface area contributed by atoms with Crippen LogP contribution in [-0.4, -0.2) is 75.2 Å². The summed E-state index contributed by atoms with van der Waals surface area (Å²) >= 11 is 0. The summed E-state index contributed by atoms with van der Waals surface area (Å²) in [7, 11) is 0.0421. The first kappa shape index (κ1) is 18.7. The molecule has 1 aliphatic heterocycles. The van der Waals surface area contributed by atoms with Crippen LogP contribution in [0.4, 0.5) is 0 Å². The molecule has 24 heavy (non-hydrogen) atoms. The Morgan fingerprint density at radius 3 is 2.54 bits per heavy atom. The molecule has 0 aliphatic carbocycles. The third-order valence-corrected chi connectivity index (χ3v) is 5.85. The molecule has 1 amide bonds. The molecule has 0 saturated carbocycles. The highest BCUT2D eigenvalue weighted by Gasteiger charge is 2.39. The van der Waals surface area contributed by atoms with Crippen molar-refractivity contribution in [3.05, 3.63) is 29.8 Å². The number of aliphatic hydroxyl groups is 1. The second-order valence-electron chi connectivity index (χ2n) is 6.07. The number of carbonyl (C=O) groups excluding carboxylic acids is 1. The van der Waals surface area contributed by atoms with Crippen molar-refractivity contribution >= 4 is 15.7 Å². The van der Waals surface area contributed by atoms with E-state index in [-0.39, 0.29) is 24.0 Å². The fourth-order valence-electron chi connectivity index (χ4n) is 2.77. The van der Waals surface area contributed by atoms with E-state index < -0.39 is 22.0 Å². The van der Waals surface area contributed by atoms with Crippen molar-refractivity contribution in [3.63, 3.8) is 0 Å². The molecule has 1 aliphatic rings. The van der Waals surface area contributed by atoms with Crippen molar-refractivity contribution in [3.8, 4) is 5.75 Å². The molecule has 2 N–H and O–H groups in total. The number of aliphatic hydroxyl groups excluding tert-OH is 1. The minimum absolute atomic E-state index is 0.0554. The first-order valence-corrected chi connectivity index (χ1v) is 9.61. The summed E-state index contributed by atoms with van der Waals surface area (Å²) in [5, 5.41) is 12.6. The van der Waals surface area contributed by atoms with Crippen molar-refractivity contribution in [2.24, 2.45) is 0 Å². The molecule has 0 unspecified atom stereocenters. The molecule has 1 aromatic carbocycles. The zero-order valence-electron chi connectivity index (χ0n) is 13.9. The van der Waals surface area contributed by atoms with Crippen LogP contribution in [0.5, 0.6) is 5.75 Å². The topological polar surface area (TPSA) is 95.9 Å². The zero-order chi connectivity index (χ0) is 17.7. The molecular formula is C16H24N2O5S. The first-order valence-electron chi connectivity index (χ1n) is 7.79. The highest BCUT2D eigenvalue weighted by atomic mass is 32.2. The standard InChI is InChI=1S/C16H24N2O5S/c1-18(14-10-24(21,22)11-15(14)19)9-16(20)17-8-7-12-3-5-13(23-2)6-4-12/h3-6,14-15,19H,7-11H2,1-2H3,(H,17,20)/t14-,15-/m1/s1. The predicted octanol–water partition coefficient (Wildman–Crippen LogP) is -0.556. The molecule has 0 bridgehead atoms. The number of nitrogens with zero attached hydrogens (tertiary/aromatic N) is 1. The number of nitrogens with one attached hydrogen (secondary N) is 1. The summed E-state index contributed by atoms with van der Waals surface area (Å²) in [4.78, 5) is 13.6. The lowest BCUT2D eigenvalue weighted by molar-refractivity contribution is -0.122. The van der Waals surface area contributed by atoms with Gasteiger partial charge in [-0.25, -0.2) is 8.42 Å². The number of likely N-dealkylation sites (N-methyl/N-ethyl adjacent to an activating group) is 1. The summed E-state index contributed by atoms with van der Waals surface area (Å²) in [5.74, 6) is 0.252. The average molecular weight is 356 g/mol. The quantitative estimate of drug-likeness (QED) is 0.680. The molecule has 0 spiro atoms. The molecular weight excluding hydrogens is 332 g/mol. The lowest BCUT2D eigenvalue weighted by atomic mass is 10.1. The fourth-order valence-corrected chi connectivity index (χ4v) is 4.65. The first-order chi connectivity index (χ1) is 11.3. The van der Waals surface area contributed by atoms with Gasteiger partial charge in [-0.3, -0.25) is 9.69 Å². The van der Waals surface area contributed by atoms with E-state index in [1.807, 2.05) is 24.3 Å². The summed E-state index contributed by atoms with van der Waals surface area (Å²) < 4.78 is 28.1. The normalized spacial score (nSPS) is 22.5. The van der Waals surface area contributed by atoms with E-state index in [2.05, 4.69) is 5.32 Å². The average Bonchev–Trinajstić information content (AvgIpc) is 2.81. The van der Waals surface area contributed by atoms with Crippen molar-refractivity contribution in [2.45, 2.75) is 18.6 Å². The van der Waals surface area contributed by atoms with Gasteiger partial charge in [-0.15, -0.1) is 0 Å². The van der Waals surface area contributed by atoms with E-state index in [0.29, 0.717) is 13.0 Å². The Labute approximate surface area is 142 Å². The molecule has 1 saturated heterocycles. The van der Waals surface area contributed by atoms with E-state index in [0.717, 1.165) is 11.3 Å². The van der Waals surface area contributed by atoms with Crippen LogP contribution in [0.25, 0.3) is 0 Å². The number of amides is 1. The second-order valence-corrected chi connectivity index (χ2v) is 8.23. The fraction of sp³-hybridized carbons (Fsp3) is 0.562. The molecule has 8 heteroatoms. The lowest BCUT2D eigenvalue weighted by Crippen LogP contribution is -2.46. The van der Waals surface area contributed by atoms with Gasteiger partial charge < -0.3 is 15.2 Å². The van der Waals surface area contributed by atoms with Crippen molar-refractivity contribution in [1.29, 1.82) is 0 Å². The van der Waals surface area contributed by atoms with Crippen LogP contribution in [0, 0.1) is 0 Å². The highest BCUT2D eigenvalue weighted by Crippen LogP contribution is 2.17. The number of hydrogen-bond acceptors (Lipinski definition) is 6. The Morgan fingerprint density at radius 2 is 2.00 bits per heavy atom. The van der Waals surface area contributed by atoms with Gasteiger partial charge in [-0.1, -0.05) is 12.1 Å². The van der Waals surface area contributed by atoms with E-state index >= 15 is 0 Å². The molecule has 2 atom stereocenters. The van der Waals surface area contributed by atoms with Crippen LogP contribution < -0.4 is 10.1 Å². The number of ether oxygens (including phenoxy) is 1. The Bertz CT molecular complexity index is 660. The number of carbonyl (C=O) groups is 1. The van der Waals surface area contributed by atoms with Gasteiger partial charge in [0.15, 0.2) is 9.84 Å². The minimum atomic E-state index is -3.22. The molecule has 2 rings (SSSR count). The third kappa shape index (κ3) is 5.19. The van der Waals surface area contributed by atoms with Gasteiger partial charge in [-0.2, -0.15) is 0 Å². The summed E-state index contributed by atoms with van der Waals surface area (Å²) in [5.41, 5.74) is 1.08. The predicted molar refractivity (Wildman–Crippen MR) is 90.8 cm³/mol. The molecule has 0 radical (unpaired) electrons. The Balaban J connectivity index is 1.74. The molecule has 1 aromatic rings. The van der Waals surface area contributed by atoms with Gasteiger partial charge in [0.25, 0.3) is 0 Å². The number of hydrogen-bond donors (Lipinski definition) is 2. The maximum absolute atomic E-state index is 12.0. The van der Waals surface area contributed by atoms with Gasteiger partial charge in [-0.05, 0) is 31.2 Å². The maximum atomic E-state index is 12.0. The second kappa shape index (κ2) is 7.96.